The highest BCUT2D eigenvalue weighted by molar-refractivity contribution is 7.88. The van der Waals surface area contributed by atoms with Gasteiger partial charge in [-0.05, 0) is 18.2 Å². The van der Waals surface area contributed by atoms with Crippen molar-refractivity contribution < 1.29 is 22.7 Å². The second-order valence-electron chi connectivity index (χ2n) is 4.38. The number of hydrogen-bond acceptors (Lipinski definition) is 5. The number of nitrogens with one attached hydrogen (secondary N) is 1. The van der Waals surface area contributed by atoms with Gasteiger partial charge in [-0.15, -0.1) is 0 Å². The Morgan fingerprint density at radius 1 is 1.33 bits per heavy atom. The quantitative estimate of drug-likeness (QED) is 0.766. The SMILES string of the molecule is COC(=O)c1cccc(N(CCNS(C)(=O)=O)C(C)=O)c1. The molecule has 0 aliphatic carbocycles. The van der Waals surface area contributed by atoms with Crippen LogP contribution in [-0.2, 0) is 19.6 Å². The van der Waals surface area contributed by atoms with Crippen LogP contribution in [-0.4, -0.2) is 46.7 Å². The van der Waals surface area contributed by atoms with E-state index < -0.39 is 16.0 Å². The number of esters is 1. The summed E-state index contributed by atoms with van der Waals surface area (Å²) in [4.78, 5) is 24.5. The lowest BCUT2D eigenvalue weighted by atomic mass is 10.2. The topological polar surface area (TPSA) is 92.8 Å². The number of carbonyl (C=O) groups is 2. The normalized spacial score (nSPS) is 11.0. The maximum atomic E-state index is 11.7. The van der Waals surface area contributed by atoms with Gasteiger partial charge in [0.25, 0.3) is 0 Å². The summed E-state index contributed by atoms with van der Waals surface area (Å²) < 4.78 is 29.0. The van der Waals surface area contributed by atoms with Gasteiger partial charge in [-0.25, -0.2) is 17.9 Å². The Hall–Kier alpha value is -1.93. The first-order valence-corrected chi connectivity index (χ1v) is 8.05. The van der Waals surface area contributed by atoms with Crippen molar-refractivity contribution in [2.45, 2.75) is 6.92 Å². The number of sulfonamides is 1. The fourth-order valence-electron chi connectivity index (χ4n) is 1.73. The number of carbonyl (C=O) groups excluding carboxylic acids is 2. The van der Waals surface area contributed by atoms with E-state index in [0.29, 0.717) is 11.3 Å². The standard InChI is InChI=1S/C13H18N2O5S/c1-10(16)15(8-7-14-21(3,18)19)12-6-4-5-11(9-12)13(17)20-2/h4-6,9,14H,7-8H2,1-3H3. The molecule has 116 valence electrons. The smallest absolute Gasteiger partial charge is 0.337 e. The second kappa shape index (κ2) is 7.19. The van der Waals surface area contributed by atoms with Gasteiger partial charge >= 0.3 is 5.97 Å². The second-order valence-corrected chi connectivity index (χ2v) is 6.21. The number of hydrogen-bond donors (Lipinski definition) is 1. The molecule has 0 aliphatic heterocycles. The predicted molar refractivity (Wildman–Crippen MR) is 78.7 cm³/mol. The van der Waals surface area contributed by atoms with Gasteiger partial charge in [0, 0.05) is 25.7 Å². The van der Waals surface area contributed by atoms with Gasteiger partial charge in [-0.3, -0.25) is 4.79 Å². The summed E-state index contributed by atoms with van der Waals surface area (Å²) in [5.41, 5.74) is 0.818. The van der Waals surface area contributed by atoms with E-state index in [1.165, 1.54) is 25.0 Å². The molecular weight excluding hydrogens is 296 g/mol. The minimum absolute atomic E-state index is 0.0842. The summed E-state index contributed by atoms with van der Waals surface area (Å²) in [5.74, 6) is -0.762. The fraction of sp³-hybridized carbons (Fsp3) is 0.385. The van der Waals surface area contributed by atoms with Crippen molar-refractivity contribution in [3.63, 3.8) is 0 Å². The summed E-state index contributed by atoms with van der Waals surface area (Å²) in [6.07, 6.45) is 1.04. The Kier molecular flexibility index (Phi) is 5.86. The Balaban J connectivity index is 2.91. The Labute approximate surface area is 123 Å². The summed E-state index contributed by atoms with van der Waals surface area (Å²) >= 11 is 0. The molecule has 0 radical (unpaired) electrons. The summed E-state index contributed by atoms with van der Waals surface area (Å²) in [6, 6.07) is 6.38. The lowest BCUT2D eigenvalue weighted by Crippen LogP contribution is -2.37. The largest absolute Gasteiger partial charge is 0.465 e. The summed E-state index contributed by atoms with van der Waals surface area (Å²) in [5, 5.41) is 0. The fourth-order valence-corrected chi connectivity index (χ4v) is 2.19. The van der Waals surface area contributed by atoms with Crippen LogP contribution in [0, 0.1) is 0 Å². The van der Waals surface area contributed by atoms with Crippen LogP contribution < -0.4 is 9.62 Å². The number of amides is 1. The molecule has 0 heterocycles. The number of methoxy groups -OCH3 is 1. The predicted octanol–water partition coefficient (Wildman–Crippen LogP) is 0.375. The van der Waals surface area contributed by atoms with Crippen LogP contribution >= 0.6 is 0 Å². The molecule has 1 amide bonds. The van der Waals surface area contributed by atoms with Crippen LogP contribution in [0.4, 0.5) is 5.69 Å². The maximum Gasteiger partial charge on any atom is 0.337 e. The lowest BCUT2D eigenvalue weighted by Gasteiger charge is -2.21. The minimum Gasteiger partial charge on any atom is -0.465 e. The average Bonchev–Trinajstić information content (AvgIpc) is 2.41. The molecule has 0 bridgehead atoms. The van der Waals surface area contributed by atoms with Crippen LogP contribution in [0.3, 0.4) is 0 Å². The number of ether oxygens (including phenoxy) is 1. The first kappa shape index (κ1) is 17.1. The van der Waals surface area contributed by atoms with Crippen molar-refractivity contribution in [3.8, 4) is 0 Å². The molecule has 0 saturated carbocycles. The van der Waals surface area contributed by atoms with Gasteiger partial charge in [0.05, 0.1) is 18.9 Å². The molecule has 0 saturated heterocycles. The van der Waals surface area contributed by atoms with Crippen molar-refractivity contribution in [2.24, 2.45) is 0 Å². The van der Waals surface area contributed by atoms with E-state index >= 15 is 0 Å². The molecule has 7 nitrogen and oxygen atoms in total. The molecule has 8 heteroatoms. The molecule has 0 unspecified atom stereocenters. The zero-order valence-electron chi connectivity index (χ0n) is 12.1. The van der Waals surface area contributed by atoms with Crippen LogP contribution in [0.5, 0.6) is 0 Å². The van der Waals surface area contributed by atoms with E-state index in [1.807, 2.05) is 0 Å². The highest BCUT2D eigenvalue weighted by atomic mass is 32.2. The van der Waals surface area contributed by atoms with E-state index in [2.05, 4.69) is 9.46 Å². The molecule has 0 aromatic heterocycles. The van der Waals surface area contributed by atoms with Gasteiger partial charge in [0.15, 0.2) is 0 Å². The highest BCUT2D eigenvalue weighted by Crippen LogP contribution is 2.17. The molecule has 1 rings (SSSR count). The van der Waals surface area contributed by atoms with E-state index in [9.17, 15) is 18.0 Å². The molecule has 21 heavy (non-hydrogen) atoms. The van der Waals surface area contributed by atoms with Gasteiger partial charge in [0.2, 0.25) is 15.9 Å². The summed E-state index contributed by atoms with van der Waals surface area (Å²) in [6.45, 7) is 1.61. The average molecular weight is 314 g/mol. The Morgan fingerprint density at radius 3 is 2.52 bits per heavy atom. The molecule has 1 aromatic carbocycles. The van der Waals surface area contributed by atoms with Crippen molar-refractivity contribution in [3.05, 3.63) is 29.8 Å². The molecule has 1 N–H and O–H groups in total. The summed E-state index contributed by atoms with van der Waals surface area (Å²) in [7, 11) is -2.04. The monoisotopic (exact) mass is 314 g/mol. The van der Waals surface area contributed by atoms with E-state index in [-0.39, 0.29) is 19.0 Å². The molecule has 0 aliphatic rings. The molecule has 0 fully saturated rings. The third-order valence-corrected chi connectivity index (χ3v) is 3.39. The van der Waals surface area contributed by atoms with Gasteiger partial charge in [-0.2, -0.15) is 0 Å². The van der Waals surface area contributed by atoms with Crippen molar-refractivity contribution in [2.75, 3.05) is 31.4 Å². The molecular formula is C13H18N2O5S. The van der Waals surface area contributed by atoms with Gasteiger partial charge in [-0.1, -0.05) is 6.07 Å². The van der Waals surface area contributed by atoms with Crippen LogP contribution in [0.1, 0.15) is 17.3 Å². The number of benzene rings is 1. The van der Waals surface area contributed by atoms with Crippen LogP contribution in [0.15, 0.2) is 24.3 Å². The number of rotatable bonds is 6. The number of anilines is 1. The van der Waals surface area contributed by atoms with E-state index in [1.54, 1.807) is 18.2 Å². The Morgan fingerprint density at radius 2 is 2.00 bits per heavy atom. The molecule has 0 atom stereocenters. The van der Waals surface area contributed by atoms with E-state index in [0.717, 1.165) is 6.26 Å². The zero-order chi connectivity index (χ0) is 16.0. The Bertz CT molecular complexity index is 627. The van der Waals surface area contributed by atoms with Crippen LogP contribution in [0.2, 0.25) is 0 Å². The lowest BCUT2D eigenvalue weighted by molar-refractivity contribution is -0.116. The number of nitrogens with zero attached hydrogens (tertiary/aromatic N) is 1. The van der Waals surface area contributed by atoms with Gasteiger partial charge in [0.1, 0.15) is 0 Å². The first-order valence-electron chi connectivity index (χ1n) is 6.15. The molecule has 1 aromatic rings. The maximum absolute atomic E-state index is 11.7. The highest BCUT2D eigenvalue weighted by Gasteiger charge is 2.14. The van der Waals surface area contributed by atoms with Gasteiger partial charge < -0.3 is 9.64 Å². The van der Waals surface area contributed by atoms with Crippen molar-refractivity contribution in [1.29, 1.82) is 0 Å². The third-order valence-electron chi connectivity index (χ3n) is 2.66. The van der Waals surface area contributed by atoms with E-state index in [4.69, 9.17) is 0 Å². The van der Waals surface area contributed by atoms with Crippen molar-refractivity contribution in [1.82, 2.24) is 4.72 Å². The third kappa shape index (κ3) is 5.52. The van der Waals surface area contributed by atoms with Crippen LogP contribution in [0.25, 0.3) is 0 Å². The minimum atomic E-state index is -3.32. The molecule has 0 spiro atoms. The zero-order valence-corrected chi connectivity index (χ0v) is 12.9. The van der Waals surface area contributed by atoms with Crippen molar-refractivity contribution >= 4 is 27.6 Å². The first-order chi connectivity index (χ1) is 9.74.